The van der Waals surface area contributed by atoms with Gasteiger partial charge < -0.3 is 4.90 Å². The van der Waals surface area contributed by atoms with Gasteiger partial charge in [0, 0.05) is 45.3 Å². The minimum atomic E-state index is -0.00635. The Morgan fingerprint density at radius 2 is 2.00 bits per heavy atom. The first-order chi connectivity index (χ1) is 11.9. The van der Waals surface area contributed by atoms with Crippen molar-refractivity contribution < 1.29 is 4.79 Å². The van der Waals surface area contributed by atoms with Gasteiger partial charge in [0.25, 0.3) is 0 Å². The van der Waals surface area contributed by atoms with Crippen molar-refractivity contribution in [2.45, 2.75) is 32.6 Å². The first-order valence-electron chi connectivity index (χ1n) is 8.60. The number of rotatable bonds is 7. The molecule has 0 N–H and O–H groups in total. The molecule has 2 rings (SSSR count). The average molecular weight is 342 g/mol. The van der Waals surface area contributed by atoms with Crippen LogP contribution in [-0.2, 0) is 11.8 Å². The van der Waals surface area contributed by atoms with Crippen molar-refractivity contribution in [1.29, 1.82) is 10.5 Å². The van der Waals surface area contributed by atoms with E-state index >= 15 is 0 Å². The molecular formula is C18H26N6O. The number of aromatic nitrogens is 2. The van der Waals surface area contributed by atoms with Crippen molar-refractivity contribution in [3.8, 4) is 12.1 Å². The van der Waals surface area contributed by atoms with Gasteiger partial charge in [-0.2, -0.15) is 15.6 Å². The smallest absolute Gasteiger partial charge is 0.236 e. The molecule has 134 valence electrons. The average Bonchev–Trinajstić information content (AvgIpc) is 3.09. The fourth-order valence-electron chi connectivity index (χ4n) is 3.58. The molecule has 0 bridgehead atoms. The number of carbonyl (C=O) groups is 1. The number of aryl methyl sites for hydroxylation is 1. The Kier molecular flexibility index (Phi) is 6.17. The summed E-state index contributed by atoms with van der Waals surface area (Å²) in [6.07, 6.45) is 4.54. The molecule has 25 heavy (non-hydrogen) atoms. The molecule has 7 nitrogen and oxygen atoms in total. The highest BCUT2D eigenvalue weighted by molar-refractivity contribution is 5.78. The molecule has 1 aromatic rings. The maximum Gasteiger partial charge on any atom is 0.236 e. The number of nitriles is 2. The van der Waals surface area contributed by atoms with Crippen LogP contribution < -0.4 is 0 Å². The predicted octanol–water partition coefficient (Wildman–Crippen LogP) is 1.50. The monoisotopic (exact) mass is 342 g/mol. The van der Waals surface area contributed by atoms with Crippen LogP contribution in [-0.4, -0.2) is 58.2 Å². The summed E-state index contributed by atoms with van der Waals surface area (Å²) >= 11 is 0. The molecule has 0 radical (unpaired) electrons. The van der Waals surface area contributed by atoms with E-state index in [9.17, 15) is 4.79 Å². The summed E-state index contributed by atoms with van der Waals surface area (Å²) in [6, 6.07) is 4.13. The minimum absolute atomic E-state index is 0.00635. The second-order valence-corrected chi connectivity index (χ2v) is 7.36. The fourth-order valence-corrected chi connectivity index (χ4v) is 3.58. The zero-order chi connectivity index (χ0) is 18.4. The van der Waals surface area contributed by atoms with Crippen LogP contribution >= 0.6 is 0 Å². The molecule has 0 aromatic carbocycles. The van der Waals surface area contributed by atoms with E-state index in [4.69, 9.17) is 10.5 Å². The van der Waals surface area contributed by atoms with Crippen LogP contribution in [0.5, 0.6) is 0 Å². The van der Waals surface area contributed by atoms with Crippen LogP contribution in [0.4, 0.5) is 0 Å². The third kappa shape index (κ3) is 4.80. The molecule has 1 saturated heterocycles. The molecule has 7 heteroatoms. The molecule has 0 saturated carbocycles. The van der Waals surface area contributed by atoms with Crippen molar-refractivity contribution in [3.05, 3.63) is 18.0 Å². The van der Waals surface area contributed by atoms with Crippen molar-refractivity contribution >= 4 is 5.91 Å². The molecule has 0 unspecified atom stereocenters. The predicted molar refractivity (Wildman–Crippen MR) is 93.2 cm³/mol. The lowest BCUT2D eigenvalue weighted by molar-refractivity contribution is -0.132. The number of carbonyl (C=O) groups excluding carboxylic acids is 1. The van der Waals surface area contributed by atoms with Gasteiger partial charge in [0.1, 0.15) is 0 Å². The van der Waals surface area contributed by atoms with Gasteiger partial charge in [0.05, 0.1) is 37.7 Å². The molecule has 1 atom stereocenters. The van der Waals surface area contributed by atoms with Crippen LogP contribution in [0, 0.1) is 28.1 Å². The van der Waals surface area contributed by atoms with Crippen molar-refractivity contribution in [1.82, 2.24) is 19.6 Å². The molecule has 1 fully saturated rings. The number of likely N-dealkylation sites (tertiary alicyclic amines) is 1. The van der Waals surface area contributed by atoms with E-state index in [1.54, 1.807) is 4.90 Å². The third-order valence-electron chi connectivity index (χ3n) is 4.84. The molecule has 0 aliphatic carbocycles. The van der Waals surface area contributed by atoms with Crippen molar-refractivity contribution in [2.75, 3.05) is 32.7 Å². The van der Waals surface area contributed by atoms with E-state index in [1.807, 2.05) is 24.1 Å². The maximum absolute atomic E-state index is 12.6. The van der Waals surface area contributed by atoms with Crippen molar-refractivity contribution in [2.24, 2.45) is 12.5 Å². The van der Waals surface area contributed by atoms with Gasteiger partial charge in [-0.25, -0.2) is 0 Å². The maximum atomic E-state index is 12.6. The quantitative estimate of drug-likeness (QED) is 0.749. The van der Waals surface area contributed by atoms with E-state index in [1.165, 1.54) is 5.56 Å². The van der Waals surface area contributed by atoms with Crippen molar-refractivity contribution in [3.63, 3.8) is 0 Å². The summed E-state index contributed by atoms with van der Waals surface area (Å²) < 4.78 is 1.81. The van der Waals surface area contributed by atoms with Crippen LogP contribution in [0.2, 0.25) is 0 Å². The molecule has 2 heterocycles. The zero-order valence-corrected chi connectivity index (χ0v) is 15.3. The van der Waals surface area contributed by atoms with Gasteiger partial charge in [-0.1, -0.05) is 13.8 Å². The SMILES string of the molecule is Cn1cc([C@@H]2CN(CC(=O)N(CCC#N)CCC#N)CC2(C)C)cn1. The van der Waals surface area contributed by atoms with Crippen LogP contribution in [0.1, 0.15) is 38.2 Å². The van der Waals surface area contributed by atoms with Crippen LogP contribution in [0.25, 0.3) is 0 Å². The zero-order valence-electron chi connectivity index (χ0n) is 15.3. The summed E-state index contributed by atoms with van der Waals surface area (Å²) in [4.78, 5) is 16.4. The molecule has 1 aromatic heterocycles. The van der Waals surface area contributed by atoms with Gasteiger partial charge in [-0.15, -0.1) is 0 Å². The molecule has 0 spiro atoms. The molecule has 1 aliphatic rings. The van der Waals surface area contributed by atoms with Crippen LogP contribution in [0.15, 0.2) is 12.4 Å². The Hall–Kier alpha value is -2.38. The Balaban J connectivity index is 2.01. The van der Waals surface area contributed by atoms with Gasteiger partial charge in [0.15, 0.2) is 0 Å². The largest absolute Gasteiger partial charge is 0.340 e. The third-order valence-corrected chi connectivity index (χ3v) is 4.84. The van der Waals surface area contributed by atoms with Gasteiger partial charge in [-0.3, -0.25) is 14.4 Å². The second kappa shape index (κ2) is 8.13. The van der Waals surface area contributed by atoms with E-state index < -0.39 is 0 Å². The number of nitrogens with zero attached hydrogens (tertiary/aromatic N) is 6. The Bertz CT molecular complexity index is 662. The topological polar surface area (TPSA) is 89.0 Å². The number of hydrogen-bond donors (Lipinski definition) is 0. The van der Waals surface area contributed by atoms with E-state index in [2.05, 4.69) is 36.0 Å². The summed E-state index contributed by atoms with van der Waals surface area (Å²) in [6.45, 7) is 7.20. The van der Waals surface area contributed by atoms with E-state index in [-0.39, 0.29) is 11.3 Å². The molecule has 1 aliphatic heterocycles. The first-order valence-corrected chi connectivity index (χ1v) is 8.60. The molecular weight excluding hydrogens is 316 g/mol. The lowest BCUT2D eigenvalue weighted by atomic mass is 9.79. The Labute approximate surface area is 149 Å². The normalized spacial score (nSPS) is 19.3. The van der Waals surface area contributed by atoms with Gasteiger partial charge in [-0.05, 0) is 11.0 Å². The van der Waals surface area contributed by atoms with E-state index in [0.717, 1.165) is 13.1 Å². The van der Waals surface area contributed by atoms with Crippen LogP contribution in [0.3, 0.4) is 0 Å². The van der Waals surface area contributed by atoms with Gasteiger partial charge in [0.2, 0.25) is 5.91 Å². The second-order valence-electron chi connectivity index (χ2n) is 7.36. The Morgan fingerprint density at radius 3 is 2.52 bits per heavy atom. The first kappa shape index (κ1) is 19.0. The summed E-state index contributed by atoms with van der Waals surface area (Å²) in [5, 5.41) is 21.8. The number of amides is 1. The summed E-state index contributed by atoms with van der Waals surface area (Å²) in [5.41, 5.74) is 1.27. The highest BCUT2D eigenvalue weighted by Crippen LogP contribution is 2.41. The summed E-state index contributed by atoms with van der Waals surface area (Å²) in [7, 11) is 1.91. The lowest BCUT2D eigenvalue weighted by Gasteiger charge is -2.25. The standard InChI is InChI=1S/C18H26N6O/c1-18(2)14-23(12-16(18)15-10-21-22(3)11-15)13-17(25)24(8-4-6-19)9-5-7-20/h10-11,16H,4-5,8-9,12-14H2,1-3H3/t16-/m0/s1. The number of hydrogen-bond acceptors (Lipinski definition) is 5. The minimum Gasteiger partial charge on any atom is -0.340 e. The Morgan fingerprint density at radius 1 is 1.36 bits per heavy atom. The van der Waals surface area contributed by atoms with E-state index in [0.29, 0.717) is 38.4 Å². The summed E-state index contributed by atoms with van der Waals surface area (Å²) in [5.74, 6) is 0.328. The van der Waals surface area contributed by atoms with Gasteiger partial charge >= 0.3 is 0 Å². The highest BCUT2D eigenvalue weighted by atomic mass is 16.2. The highest BCUT2D eigenvalue weighted by Gasteiger charge is 2.41. The molecule has 1 amide bonds. The fraction of sp³-hybridized carbons (Fsp3) is 0.667. The lowest BCUT2D eigenvalue weighted by Crippen LogP contribution is -2.41.